The van der Waals surface area contributed by atoms with Crippen LogP contribution in [0.3, 0.4) is 0 Å². The van der Waals surface area contributed by atoms with Gasteiger partial charge >= 0.3 is 0 Å². The lowest BCUT2D eigenvalue weighted by Gasteiger charge is -2.03. The lowest BCUT2D eigenvalue weighted by molar-refractivity contribution is 1.09. The molecule has 2 aromatic rings. The summed E-state index contributed by atoms with van der Waals surface area (Å²) in [5, 5.41) is 0. The van der Waals surface area contributed by atoms with Crippen LogP contribution in [0.15, 0.2) is 42.6 Å². The molecule has 1 saturated carbocycles. The monoisotopic (exact) mass is 243 g/mol. The number of pyridine rings is 1. The van der Waals surface area contributed by atoms with Gasteiger partial charge in [0.2, 0.25) is 0 Å². The fourth-order valence-corrected chi connectivity index (χ4v) is 2.18. The van der Waals surface area contributed by atoms with Gasteiger partial charge in [-0.05, 0) is 36.0 Å². The van der Waals surface area contributed by atoms with Gasteiger partial charge in [-0.3, -0.25) is 4.98 Å². The van der Waals surface area contributed by atoms with Crippen molar-refractivity contribution < 1.29 is 0 Å². The normalized spacial score (nSPS) is 14.9. The molecule has 0 aliphatic heterocycles. The third-order valence-corrected chi connectivity index (χ3v) is 3.55. The average Bonchev–Trinajstić information content (AvgIpc) is 3.24. The van der Waals surface area contributed by atoms with Crippen LogP contribution in [0.5, 0.6) is 0 Å². The summed E-state index contributed by atoms with van der Waals surface area (Å²) in [5.41, 5.74) is 4.72. The zero-order chi connectivity index (χ0) is 11.7. The summed E-state index contributed by atoms with van der Waals surface area (Å²) in [6.45, 7) is 0. The number of alkyl halides is 1. The van der Waals surface area contributed by atoms with E-state index in [1.807, 2.05) is 6.20 Å². The third kappa shape index (κ3) is 2.34. The molecule has 1 aromatic carbocycles. The van der Waals surface area contributed by atoms with Crippen molar-refractivity contribution in [1.29, 1.82) is 0 Å². The predicted molar refractivity (Wildman–Crippen MR) is 71.2 cm³/mol. The maximum Gasteiger partial charge on any atom is 0.0702 e. The minimum atomic E-state index is 0.564. The summed E-state index contributed by atoms with van der Waals surface area (Å²) < 4.78 is 0. The quantitative estimate of drug-likeness (QED) is 0.730. The maximum atomic E-state index is 5.77. The molecule has 2 heteroatoms. The smallest absolute Gasteiger partial charge is 0.0702 e. The Labute approximate surface area is 106 Å². The van der Waals surface area contributed by atoms with E-state index in [1.165, 1.54) is 18.4 Å². The van der Waals surface area contributed by atoms with E-state index in [9.17, 15) is 0 Å². The van der Waals surface area contributed by atoms with Crippen molar-refractivity contribution in [2.45, 2.75) is 24.6 Å². The second-order valence-electron chi connectivity index (χ2n) is 4.58. The molecule has 86 valence electrons. The van der Waals surface area contributed by atoms with Crippen LogP contribution in [0.4, 0.5) is 0 Å². The van der Waals surface area contributed by atoms with Gasteiger partial charge in [0, 0.05) is 17.6 Å². The van der Waals surface area contributed by atoms with Gasteiger partial charge in [0.1, 0.15) is 0 Å². The Morgan fingerprint density at radius 1 is 1.06 bits per heavy atom. The standard InChI is InChI=1S/C15H14ClN/c16-9-11-1-3-13(4-2-11)15-8-7-14(10-17-15)12-5-6-12/h1-4,7-8,10,12H,5-6,9H2. The highest BCUT2D eigenvalue weighted by Gasteiger charge is 2.23. The second kappa shape index (κ2) is 4.50. The molecular weight excluding hydrogens is 230 g/mol. The lowest BCUT2D eigenvalue weighted by atomic mass is 10.1. The molecule has 3 rings (SSSR count). The zero-order valence-corrected chi connectivity index (χ0v) is 10.3. The number of hydrogen-bond acceptors (Lipinski definition) is 1. The van der Waals surface area contributed by atoms with Crippen molar-refractivity contribution >= 4 is 11.6 Å². The predicted octanol–water partition coefficient (Wildman–Crippen LogP) is 4.36. The Kier molecular flexibility index (Phi) is 2.86. The Hall–Kier alpha value is -1.34. The van der Waals surface area contributed by atoms with Gasteiger partial charge in [-0.25, -0.2) is 0 Å². The summed E-state index contributed by atoms with van der Waals surface area (Å²) >= 11 is 5.77. The first-order valence-electron chi connectivity index (χ1n) is 5.98. The second-order valence-corrected chi connectivity index (χ2v) is 4.85. The number of hydrogen-bond donors (Lipinski definition) is 0. The minimum absolute atomic E-state index is 0.564. The zero-order valence-electron chi connectivity index (χ0n) is 9.57. The number of rotatable bonds is 3. The van der Waals surface area contributed by atoms with Crippen LogP contribution >= 0.6 is 11.6 Å². The largest absolute Gasteiger partial charge is 0.256 e. The molecule has 1 aromatic heterocycles. The molecule has 1 fully saturated rings. The van der Waals surface area contributed by atoms with Crippen LogP contribution in [-0.4, -0.2) is 4.98 Å². The molecule has 0 radical (unpaired) electrons. The molecule has 0 spiro atoms. The average molecular weight is 244 g/mol. The highest BCUT2D eigenvalue weighted by atomic mass is 35.5. The van der Waals surface area contributed by atoms with Gasteiger partial charge < -0.3 is 0 Å². The molecule has 1 aliphatic carbocycles. The van der Waals surface area contributed by atoms with Gasteiger partial charge in [0.15, 0.2) is 0 Å². The first-order valence-corrected chi connectivity index (χ1v) is 6.51. The van der Waals surface area contributed by atoms with Crippen LogP contribution in [-0.2, 0) is 5.88 Å². The molecule has 0 amide bonds. The van der Waals surface area contributed by atoms with Crippen LogP contribution in [0, 0.1) is 0 Å². The van der Waals surface area contributed by atoms with Crippen molar-refractivity contribution in [3.8, 4) is 11.3 Å². The maximum absolute atomic E-state index is 5.77. The van der Waals surface area contributed by atoms with E-state index in [0.29, 0.717) is 5.88 Å². The van der Waals surface area contributed by atoms with Gasteiger partial charge in [0.25, 0.3) is 0 Å². The summed E-state index contributed by atoms with van der Waals surface area (Å²) in [6, 6.07) is 12.6. The van der Waals surface area contributed by atoms with E-state index < -0.39 is 0 Å². The molecule has 1 nitrogen and oxygen atoms in total. The first kappa shape index (κ1) is 10.8. The van der Waals surface area contributed by atoms with E-state index in [4.69, 9.17) is 11.6 Å². The van der Waals surface area contributed by atoms with Gasteiger partial charge in [-0.2, -0.15) is 0 Å². The highest BCUT2D eigenvalue weighted by molar-refractivity contribution is 6.17. The molecule has 0 unspecified atom stereocenters. The fraction of sp³-hybridized carbons (Fsp3) is 0.267. The van der Waals surface area contributed by atoms with E-state index in [2.05, 4.69) is 41.4 Å². The van der Waals surface area contributed by atoms with Gasteiger partial charge in [-0.15, -0.1) is 11.6 Å². The van der Waals surface area contributed by atoms with Gasteiger partial charge in [0.05, 0.1) is 5.69 Å². The Bertz CT molecular complexity index is 497. The molecule has 17 heavy (non-hydrogen) atoms. The Morgan fingerprint density at radius 2 is 1.82 bits per heavy atom. The summed E-state index contributed by atoms with van der Waals surface area (Å²) in [7, 11) is 0. The lowest BCUT2D eigenvalue weighted by Crippen LogP contribution is -1.87. The fourth-order valence-electron chi connectivity index (χ4n) is 2.00. The molecule has 0 atom stereocenters. The van der Waals surface area contributed by atoms with Crippen molar-refractivity contribution in [3.05, 3.63) is 53.7 Å². The molecular formula is C15H14ClN. The topological polar surface area (TPSA) is 12.9 Å². The minimum Gasteiger partial charge on any atom is -0.256 e. The molecule has 0 saturated heterocycles. The molecule has 1 aliphatic rings. The van der Waals surface area contributed by atoms with E-state index in [-0.39, 0.29) is 0 Å². The molecule has 1 heterocycles. The van der Waals surface area contributed by atoms with Crippen LogP contribution in [0.25, 0.3) is 11.3 Å². The Morgan fingerprint density at radius 3 is 2.35 bits per heavy atom. The Balaban J connectivity index is 1.86. The van der Waals surface area contributed by atoms with Crippen LogP contribution in [0.1, 0.15) is 29.9 Å². The van der Waals surface area contributed by atoms with E-state index in [1.54, 1.807) is 0 Å². The van der Waals surface area contributed by atoms with Crippen LogP contribution < -0.4 is 0 Å². The van der Waals surface area contributed by atoms with Crippen molar-refractivity contribution in [2.24, 2.45) is 0 Å². The summed E-state index contributed by atoms with van der Waals surface area (Å²) in [5.74, 6) is 1.34. The summed E-state index contributed by atoms with van der Waals surface area (Å²) in [4.78, 5) is 4.53. The number of benzene rings is 1. The SMILES string of the molecule is ClCc1ccc(-c2ccc(C3CC3)cn2)cc1. The van der Waals surface area contributed by atoms with Crippen molar-refractivity contribution in [2.75, 3.05) is 0 Å². The molecule has 0 N–H and O–H groups in total. The number of nitrogens with zero attached hydrogens (tertiary/aromatic N) is 1. The van der Waals surface area contributed by atoms with Crippen LogP contribution in [0.2, 0.25) is 0 Å². The van der Waals surface area contributed by atoms with E-state index >= 15 is 0 Å². The highest BCUT2D eigenvalue weighted by Crippen LogP contribution is 2.39. The van der Waals surface area contributed by atoms with Gasteiger partial charge in [-0.1, -0.05) is 30.3 Å². The molecule has 0 bridgehead atoms. The first-order chi connectivity index (χ1) is 8.36. The van der Waals surface area contributed by atoms with Crippen molar-refractivity contribution in [1.82, 2.24) is 4.98 Å². The number of halogens is 1. The summed E-state index contributed by atoms with van der Waals surface area (Å²) in [6.07, 6.45) is 4.67. The van der Waals surface area contributed by atoms with Crippen molar-refractivity contribution in [3.63, 3.8) is 0 Å². The van der Waals surface area contributed by atoms with E-state index in [0.717, 1.165) is 22.7 Å². The third-order valence-electron chi connectivity index (χ3n) is 3.24. The number of aromatic nitrogens is 1.